The molecule has 0 spiro atoms. The third-order valence-corrected chi connectivity index (χ3v) is 4.29. The lowest BCUT2D eigenvalue weighted by Gasteiger charge is -2.24. The molecule has 1 fully saturated rings. The van der Waals surface area contributed by atoms with Gasteiger partial charge in [0, 0.05) is 6.20 Å². The van der Waals surface area contributed by atoms with Gasteiger partial charge in [-0.1, -0.05) is 6.42 Å². The minimum atomic E-state index is -1.23. The number of aliphatic hydroxyl groups excluding tert-OH is 2. The Balaban J connectivity index is 2.16. The van der Waals surface area contributed by atoms with E-state index in [-0.39, 0.29) is 5.82 Å². The molecule has 5 atom stereocenters. The standard InChI is InChI=1S/C15H26N6O5/c16-5-2-1-3-8(17)13(24)20-11-12(23)9(7-22)26-14(11)21-6-4-10(18)19-15(21)25/h4,6,8-9,11-12,14,22-23H,1-3,5,7,16-17H2,(H,20,24)(H2,18,19,25)/t8-,9+,11?,12?,14+/m0/s1. The number of aliphatic hydroxyl groups is 2. The van der Waals surface area contributed by atoms with E-state index in [0.717, 1.165) is 11.0 Å². The number of ether oxygens (including phenoxy) is 1. The maximum absolute atomic E-state index is 12.3. The van der Waals surface area contributed by atoms with Crippen LogP contribution in [0.5, 0.6) is 0 Å². The van der Waals surface area contributed by atoms with Crippen molar-refractivity contribution >= 4 is 11.7 Å². The number of amides is 1. The molecule has 0 saturated carbocycles. The third kappa shape index (κ3) is 4.56. The summed E-state index contributed by atoms with van der Waals surface area (Å²) in [5.41, 5.74) is 16.0. The summed E-state index contributed by atoms with van der Waals surface area (Å²) >= 11 is 0. The summed E-state index contributed by atoms with van der Waals surface area (Å²) in [6, 6.07) is -0.381. The van der Waals surface area contributed by atoms with Crippen molar-refractivity contribution in [1.82, 2.24) is 14.9 Å². The number of unbranched alkanes of at least 4 members (excludes halogenated alkanes) is 1. The molecule has 1 saturated heterocycles. The van der Waals surface area contributed by atoms with E-state index in [0.29, 0.717) is 19.4 Å². The SMILES string of the molecule is NCCCC[C@H](N)C(=O)NC1C(O)[C@@H](CO)O[C@H]1n1ccc(N)nc1=O. The summed E-state index contributed by atoms with van der Waals surface area (Å²) in [6.45, 7) is 0.0283. The fourth-order valence-electron chi connectivity index (χ4n) is 2.82. The minimum Gasteiger partial charge on any atom is -0.394 e. The second-order valence-electron chi connectivity index (χ2n) is 6.21. The molecule has 2 rings (SSSR count). The monoisotopic (exact) mass is 370 g/mol. The van der Waals surface area contributed by atoms with E-state index < -0.39 is 48.7 Å². The van der Waals surface area contributed by atoms with Crippen LogP contribution in [0.15, 0.2) is 17.1 Å². The van der Waals surface area contributed by atoms with Gasteiger partial charge in [0.2, 0.25) is 5.91 Å². The number of rotatable bonds is 8. The Bertz CT molecular complexity index is 668. The molecule has 11 heteroatoms. The highest BCUT2D eigenvalue weighted by molar-refractivity contribution is 5.81. The van der Waals surface area contributed by atoms with Crippen molar-refractivity contribution in [3.63, 3.8) is 0 Å². The van der Waals surface area contributed by atoms with Gasteiger partial charge >= 0.3 is 5.69 Å². The molecule has 2 heterocycles. The zero-order chi connectivity index (χ0) is 19.3. The predicted molar refractivity (Wildman–Crippen MR) is 92.7 cm³/mol. The fraction of sp³-hybridized carbons (Fsp3) is 0.667. The van der Waals surface area contributed by atoms with Crippen LogP contribution in [-0.4, -0.2) is 63.1 Å². The molecule has 0 aromatic carbocycles. The van der Waals surface area contributed by atoms with Gasteiger partial charge < -0.3 is 37.5 Å². The summed E-state index contributed by atoms with van der Waals surface area (Å²) < 4.78 is 6.63. The summed E-state index contributed by atoms with van der Waals surface area (Å²) in [5, 5.41) is 22.3. The van der Waals surface area contributed by atoms with Crippen molar-refractivity contribution in [3.8, 4) is 0 Å². The molecule has 2 unspecified atom stereocenters. The van der Waals surface area contributed by atoms with Crippen LogP contribution in [0.3, 0.4) is 0 Å². The Morgan fingerprint density at radius 1 is 1.46 bits per heavy atom. The molecule has 1 aliphatic heterocycles. The number of nitrogens with two attached hydrogens (primary N) is 3. The first kappa shape index (κ1) is 20.3. The van der Waals surface area contributed by atoms with Gasteiger partial charge in [-0.2, -0.15) is 4.98 Å². The zero-order valence-electron chi connectivity index (χ0n) is 14.3. The Morgan fingerprint density at radius 3 is 2.81 bits per heavy atom. The molecule has 0 bridgehead atoms. The van der Waals surface area contributed by atoms with Crippen LogP contribution in [0.1, 0.15) is 25.5 Å². The lowest BCUT2D eigenvalue weighted by atomic mass is 10.1. The number of hydrogen-bond acceptors (Lipinski definition) is 9. The number of carbonyl (C=O) groups is 1. The molecule has 0 aliphatic carbocycles. The van der Waals surface area contributed by atoms with Crippen molar-refractivity contribution in [1.29, 1.82) is 0 Å². The Kier molecular flexibility index (Phi) is 7.06. The first-order valence-corrected chi connectivity index (χ1v) is 8.44. The van der Waals surface area contributed by atoms with Crippen molar-refractivity contribution in [2.75, 3.05) is 18.9 Å². The highest BCUT2D eigenvalue weighted by Gasteiger charge is 2.45. The van der Waals surface area contributed by atoms with Crippen LogP contribution in [0, 0.1) is 0 Å². The number of hydrogen-bond donors (Lipinski definition) is 6. The van der Waals surface area contributed by atoms with E-state index in [1.807, 2.05) is 0 Å². The molecule has 26 heavy (non-hydrogen) atoms. The van der Waals surface area contributed by atoms with Crippen molar-refractivity contribution in [3.05, 3.63) is 22.7 Å². The van der Waals surface area contributed by atoms with Crippen LogP contribution >= 0.6 is 0 Å². The molecular weight excluding hydrogens is 344 g/mol. The summed E-state index contributed by atoms with van der Waals surface area (Å²) in [4.78, 5) is 28.0. The lowest BCUT2D eigenvalue weighted by Crippen LogP contribution is -2.52. The largest absolute Gasteiger partial charge is 0.394 e. The van der Waals surface area contributed by atoms with Gasteiger partial charge in [-0.05, 0) is 25.5 Å². The Morgan fingerprint density at radius 2 is 2.19 bits per heavy atom. The normalized spacial score (nSPS) is 26.6. The number of nitrogen functional groups attached to an aromatic ring is 1. The third-order valence-electron chi connectivity index (χ3n) is 4.29. The number of carbonyl (C=O) groups excluding carboxylic acids is 1. The first-order valence-electron chi connectivity index (χ1n) is 8.44. The lowest BCUT2D eigenvalue weighted by molar-refractivity contribution is -0.124. The second kappa shape index (κ2) is 9.05. The average Bonchev–Trinajstić information content (AvgIpc) is 2.91. The summed E-state index contributed by atoms with van der Waals surface area (Å²) in [7, 11) is 0. The van der Waals surface area contributed by atoms with Gasteiger partial charge in [-0.3, -0.25) is 9.36 Å². The molecular formula is C15H26N6O5. The van der Waals surface area contributed by atoms with Gasteiger partial charge in [0.05, 0.1) is 12.6 Å². The van der Waals surface area contributed by atoms with Crippen LogP contribution in [0.2, 0.25) is 0 Å². The number of nitrogens with zero attached hydrogens (tertiary/aromatic N) is 2. The van der Waals surface area contributed by atoms with E-state index in [1.54, 1.807) is 0 Å². The average molecular weight is 370 g/mol. The second-order valence-corrected chi connectivity index (χ2v) is 6.21. The van der Waals surface area contributed by atoms with Crippen molar-refractivity contribution < 1.29 is 19.7 Å². The summed E-state index contributed by atoms with van der Waals surface area (Å²) in [5.74, 6) is -0.458. The van der Waals surface area contributed by atoms with Gasteiger partial charge in [-0.25, -0.2) is 4.79 Å². The topological polar surface area (TPSA) is 192 Å². The molecule has 9 N–H and O–H groups in total. The van der Waals surface area contributed by atoms with Gasteiger partial charge in [0.1, 0.15) is 24.1 Å². The zero-order valence-corrected chi connectivity index (χ0v) is 14.3. The molecule has 11 nitrogen and oxygen atoms in total. The molecule has 1 aromatic heterocycles. The smallest absolute Gasteiger partial charge is 0.351 e. The maximum atomic E-state index is 12.3. The van der Waals surface area contributed by atoms with Crippen LogP contribution in [0.25, 0.3) is 0 Å². The molecule has 1 amide bonds. The Hall–Kier alpha value is -2.05. The van der Waals surface area contributed by atoms with Crippen molar-refractivity contribution in [2.45, 2.75) is 49.8 Å². The van der Waals surface area contributed by atoms with E-state index in [2.05, 4.69) is 10.3 Å². The maximum Gasteiger partial charge on any atom is 0.351 e. The fourth-order valence-corrected chi connectivity index (χ4v) is 2.82. The van der Waals surface area contributed by atoms with Crippen molar-refractivity contribution in [2.24, 2.45) is 11.5 Å². The quantitative estimate of drug-likeness (QED) is 0.259. The molecule has 0 radical (unpaired) electrons. The highest BCUT2D eigenvalue weighted by atomic mass is 16.5. The van der Waals surface area contributed by atoms with E-state index in [4.69, 9.17) is 21.9 Å². The van der Waals surface area contributed by atoms with Crippen LogP contribution in [0.4, 0.5) is 5.82 Å². The van der Waals surface area contributed by atoms with E-state index in [1.165, 1.54) is 12.3 Å². The number of anilines is 1. The molecule has 1 aliphatic rings. The van der Waals surface area contributed by atoms with Crippen LogP contribution in [-0.2, 0) is 9.53 Å². The van der Waals surface area contributed by atoms with Gasteiger partial charge in [0.25, 0.3) is 0 Å². The van der Waals surface area contributed by atoms with Gasteiger partial charge in [-0.15, -0.1) is 0 Å². The number of nitrogens with one attached hydrogen (secondary N) is 1. The van der Waals surface area contributed by atoms with E-state index in [9.17, 15) is 19.8 Å². The minimum absolute atomic E-state index is 0.0333. The first-order chi connectivity index (χ1) is 12.4. The predicted octanol–water partition coefficient (Wildman–Crippen LogP) is -2.98. The molecule has 1 aromatic rings. The van der Waals surface area contributed by atoms with Gasteiger partial charge in [0.15, 0.2) is 6.23 Å². The number of aromatic nitrogens is 2. The highest BCUT2D eigenvalue weighted by Crippen LogP contribution is 2.28. The van der Waals surface area contributed by atoms with E-state index >= 15 is 0 Å². The molecule has 146 valence electrons. The summed E-state index contributed by atoms with van der Waals surface area (Å²) in [6.07, 6.45) is -0.0240. The van der Waals surface area contributed by atoms with Crippen LogP contribution < -0.4 is 28.2 Å². The Labute approximate surface area is 150 Å².